The van der Waals surface area contributed by atoms with Crippen LogP contribution in [0.4, 0.5) is 0 Å². The molecule has 0 N–H and O–H groups in total. The Bertz CT molecular complexity index is 553. The van der Waals surface area contributed by atoms with Crippen LogP contribution in [0.3, 0.4) is 0 Å². The fourth-order valence-corrected chi connectivity index (χ4v) is 2.40. The maximum atomic E-state index is 12.6. The summed E-state index contributed by atoms with van der Waals surface area (Å²) in [5, 5.41) is 12.6. The highest BCUT2D eigenvalue weighted by Crippen LogP contribution is 2.45. The number of hydrogen-bond acceptors (Lipinski definition) is 3. The Labute approximate surface area is 106 Å². The Hall–Kier alpha value is -1.84. The Balaban J connectivity index is 2.15. The first-order valence-corrected chi connectivity index (χ1v) is 5.83. The van der Waals surface area contributed by atoms with E-state index in [1.165, 1.54) is 7.11 Å². The minimum Gasteiger partial charge on any atom is -0.796 e. The molecule has 0 saturated heterocycles. The van der Waals surface area contributed by atoms with Crippen molar-refractivity contribution in [1.82, 2.24) is 0 Å². The number of benzene rings is 2. The van der Waals surface area contributed by atoms with Crippen LogP contribution in [0.15, 0.2) is 54.6 Å². The Kier molecular flexibility index (Phi) is 2.58. The van der Waals surface area contributed by atoms with Crippen LogP contribution in [0.2, 0.25) is 0 Å². The van der Waals surface area contributed by atoms with Crippen molar-refractivity contribution in [1.29, 1.82) is 0 Å². The van der Waals surface area contributed by atoms with Crippen molar-refractivity contribution in [3.8, 4) is 5.75 Å². The normalized spacial score (nSPS) is 25.6. The molecule has 0 spiro atoms. The largest absolute Gasteiger partial charge is 0.796 e. The van der Waals surface area contributed by atoms with E-state index in [-0.39, 0.29) is 0 Å². The highest BCUT2D eigenvalue weighted by Gasteiger charge is 2.40. The third kappa shape index (κ3) is 1.60. The second kappa shape index (κ2) is 4.12. The molecule has 0 amide bonds. The van der Waals surface area contributed by atoms with E-state index in [9.17, 15) is 5.11 Å². The summed E-state index contributed by atoms with van der Waals surface area (Å²) < 4.78 is 10.5. The number of rotatable bonds is 2. The summed E-state index contributed by atoms with van der Waals surface area (Å²) in [6, 6.07) is 17.0. The summed E-state index contributed by atoms with van der Waals surface area (Å²) in [4.78, 5) is 0. The van der Waals surface area contributed by atoms with Crippen molar-refractivity contribution in [2.75, 3.05) is 7.11 Å². The van der Waals surface area contributed by atoms with Gasteiger partial charge in [0.1, 0.15) is 5.75 Å². The molecule has 3 rings (SSSR count). The average molecular weight is 241 g/mol. The maximum absolute atomic E-state index is 12.6. The van der Waals surface area contributed by atoms with Crippen LogP contribution in [0, 0.1) is 0 Å². The molecular weight excluding hydrogens is 228 g/mol. The Morgan fingerprint density at radius 3 is 2.44 bits per heavy atom. The highest BCUT2D eigenvalue weighted by atomic mass is 16.8. The lowest BCUT2D eigenvalue weighted by Gasteiger charge is -2.39. The van der Waals surface area contributed by atoms with Crippen molar-refractivity contribution in [2.24, 2.45) is 0 Å². The minimum absolute atomic E-state index is 0.445. The van der Waals surface area contributed by atoms with Crippen LogP contribution in [-0.4, -0.2) is 13.1 Å². The molecule has 0 aliphatic carbocycles. The van der Waals surface area contributed by atoms with E-state index in [4.69, 9.17) is 9.47 Å². The van der Waals surface area contributed by atoms with Gasteiger partial charge in [0.25, 0.3) is 0 Å². The summed E-state index contributed by atoms with van der Waals surface area (Å²) in [5.74, 6) is -1.73. The van der Waals surface area contributed by atoms with Crippen LogP contribution >= 0.6 is 0 Å². The summed E-state index contributed by atoms with van der Waals surface area (Å²) in [6.45, 7) is 0. The topological polar surface area (TPSA) is 41.5 Å². The molecule has 18 heavy (non-hydrogen) atoms. The van der Waals surface area contributed by atoms with Crippen LogP contribution in [0.25, 0.3) is 0 Å². The molecule has 2 atom stereocenters. The molecule has 0 unspecified atom stereocenters. The van der Waals surface area contributed by atoms with Crippen molar-refractivity contribution in [3.63, 3.8) is 0 Å². The van der Waals surface area contributed by atoms with E-state index >= 15 is 0 Å². The Morgan fingerprint density at radius 1 is 1.06 bits per heavy atom. The van der Waals surface area contributed by atoms with Crippen LogP contribution < -0.4 is 9.84 Å². The van der Waals surface area contributed by atoms with E-state index in [0.29, 0.717) is 5.75 Å². The molecule has 0 fully saturated rings. The van der Waals surface area contributed by atoms with Gasteiger partial charge in [-0.3, -0.25) is 0 Å². The maximum Gasteiger partial charge on any atom is 0.155 e. The van der Waals surface area contributed by atoms with E-state index < -0.39 is 11.9 Å². The van der Waals surface area contributed by atoms with Gasteiger partial charge in [0, 0.05) is 12.7 Å². The molecule has 1 heterocycles. The molecule has 2 aromatic carbocycles. The quantitative estimate of drug-likeness (QED) is 0.754. The van der Waals surface area contributed by atoms with Crippen molar-refractivity contribution in [3.05, 3.63) is 65.7 Å². The Morgan fingerprint density at radius 2 is 1.72 bits per heavy atom. The van der Waals surface area contributed by atoms with Crippen molar-refractivity contribution < 1.29 is 14.6 Å². The van der Waals surface area contributed by atoms with Gasteiger partial charge < -0.3 is 14.6 Å². The van der Waals surface area contributed by atoms with Gasteiger partial charge in [-0.1, -0.05) is 48.5 Å². The van der Waals surface area contributed by atoms with Gasteiger partial charge >= 0.3 is 0 Å². The predicted molar refractivity (Wildman–Crippen MR) is 65.1 cm³/mol. The highest BCUT2D eigenvalue weighted by molar-refractivity contribution is 5.47. The van der Waals surface area contributed by atoms with E-state index in [0.717, 1.165) is 11.1 Å². The molecule has 92 valence electrons. The van der Waals surface area contributed by atoms with E-state index in [1.807, 2.05) is 48.5 Å². The molecule has 0 radical (unpaired) electrons. The fraction of sp³-hybridized carbons (Fsp3) is 0.200. The lowest BCUT2D eigenvalue weighted by Crippen LogP contribution is -2.53. The van der Waals surface area contributed by atoms with Gasteiger partial charge in [0.05, 0.1) is 5.92 Å². The lowest BCUT2D eigenvalue weighted by molar-refractivity contribution is -0.611. The van der Waals surface area contributed by atoms with Gasteiger partial charge in [-0.15, -0.1) is 0 Å². The molecule has 0 saturated carbocycles. The first-order chi connectivity index (χ1) is 8.74. The van der Waals surface area contributed by atoms with Gasteiger partial charge in [-0.25, -0.2) is 0 Å². The van der Waals surface area contributed by atoms with E-state index in [1.54, 1.807) is 6.07 Å². The first-order valence-electron chi connectivity index (χ1n) is 5.83. The van der Waals surface area contributed by atoms with Gasteiger partial charge in [-0.05, 0) is 11.6 Å². The van der Waals surface area contributed by atoms with Crippen LogP contribution in [0.5, 0.6) is 5.75 Å². The summed E-state index contributed by atoms with van der Waals surface area (Å²) in [7, 11) is 1.38. The molecule has 3 nitrogen and oxygen atoms in total. The number of hydrogen-bond donors (Lipinski definition) is 0. The van der Waals surface area contributed by atoms with Gasteiger partial charge in [0.2, 0.25) is 0 Å². The molecule has 1 aliphatic heterocycles. The predicted octanol–water partition coefficient (Wildman–Crippen LogP) is 1.87. The molecule has 0 aromatic heterocycles. The zero-order valence-electron chi connectivity index (χ0n) is 10.00. The zero-order chi connectivity index (χ0) is 12.6. The third-order valence-corrected chi connectivity index (χ3v) is 3.25. The second-order valence-corrected chi connectivity index (χ2v) is 4.29. The third-order valence-electron chi connectivity index (χ3n) is 3.25. The molecule has 2 aromatic rings. The minimum atomic E-state index is -1.88. The van der Waals surface area contributed by atoms with Gasteiger partial charge in [0.15, 0.2) is 5.97 Å². The number of fused-ring (bicyclic) bond motifs is 1. The van der Waals surface area contributed by atoms with Crippen LogP contribution in [0.1, 0.15) is 17.0 Å². The first kappa shape index (κ1) is 11.3. The van der Waals surface area contributed by atoms with Crippen molar-refractivity contribution in [2.45, 2.75) is 11.9 Å². The molecule has 0 bridgehead atoms. The molecular formula is C15H13O3-. The zero-order valence-corrected chi connectivity index (χ0v) is 10.00. The summed E-state index contributed by atoms with van der Waals surface area (Å²) in [5.41, 5.74) is 1.78. The lowest BCUT2D eigenvalue weighted by atomic mass is 9.90. The second-order valence-electron chi connectivity index (χ2n) is 4.29. The average Bonchev–Trinajstić information content (AvgIpc) is 2.72. The number of methoxy groups -OCH3 is 1. The summed E-state index contributed by atoms with van der Waals surface area (Å²) >= 11 is 0. The number of para-hydroxylation sites is 1. The van der Waals surface area contributed by atoms with Gasteiger partial charge in [-0.2, -0.15) is 0 Å². The standard InChI is InChI=1S/C15H13O3/c1-17-15(16)14(11-7-3-2-4-8-11)12-9-5-6-10-13(12)18-15/h2-10,14H,1H3/q-1/t14-,15+/m0/s1. The smallest absolute Gasteiger partial charge is 0.155 e. The molecule has 1 aliphatic rings. The van der Waals surface area contributed by atoms with Crippen molar-refractivity contribution >= 4 is 0 Å². The van der Waals surface area contributed by atoms with E-state index in [2.05, 4.69) is 0 Å². The van der Waals surface area contributed by atoms with Crippen LogP contribution in [-0.2, 0) is 4.74 Å². The number of ether oxygens (including phenoxy) is 2. The monoisotopic (exact) mass is 241 g/mol. The SMILES string of the molecule is CO[C@@]1([O-])Oc2ccccc2[C@@H]1c1ccccc1. The fourth-order valence-electron chi connectivity index (χ4n) is 2.40. The summed E-state index contributed by atoms with van der Waals surface area (Å²) in [6.07, 6.45) is 0. The molecule has 3 heteroatoms.